The molecule has 0 saturated heterocycles. The van der Waals surface area contributed by atoms with E-state index in [9.17, 15) is 19.8 Å². The molecule has 2 rings (SSSR count). The number of aliphatic hydroxyl groups is 2. The first-order chi connectivity index (χ1) is 17.9. The second-order valence-electron chi connectivity index (χ2n) is 11.9. The summed E-state index contributed by atoms with van der Waals surface area (Å²) in [5, 5.41) is 20.9. The van der Waals surface area contributed by atoms with Crippen LogP contribution in [0.2, 0.25) is 0 Å². The summed E-state index contributed by atoms with van der Waals surface area (Å²) >= 11 is 0. The van der Waals surface area contributed by atoms with Crippen molar-refractivity contribution in [1.82, 2.24) is 0 Å². The van der Waals surface area contributed by atoms with Crippen molar-refractivity contribution in [2.45, 2.75) is 104 Å². The first-order valence-corrected chi connectivity index (χ1v) is 13.8. The molecule has 0 bridgehead atoms. The van der Waals surface area contributed by atoms with E-state index in [1.165, 1.54) is 0 Å². The highest BCUT2D eigenvalue weighted by Gasteiger charge is 2.24. The number of rotatable bonds is 17. The lowest BCUT2D eigenvalue weighted by Crippen LogP contribution is -2.21. The number of esters is 2. The highest BCUT2D eigenvalue weighted by atomic mass is 16.5. The van der Waals surface area contributed by atoms with Gasteiger partial charge in [-0.15, -0.1) is 0 Å². The van der Waals surface area contributed by atoms with E-state index < -0.39 is 12.2 Å². The molecule has 2 atom stereocenters. The number of carbonyl (C=O) groups excluding carboxylic acids is 2. The van der Waals surface area contributed by atoms with Gasteiger partial charge in [-0.2, -0.15) is 0 Å². The monoisotopic (exact) mass is 526 g/mol. The van der Waals surface area contributed by atoms with Crippen molar-refractivity contribution in [3.05, 3.63) is 60.7 Å². The van der Waals surface area contributed by atoms with Crippen LogP contribution >= 0.6 is 0 Å². The van der Waals surface area contributed by atoms with Gasteiger partial charge in [-0.1, -0.05) is 64.1 Å². The van der Waals surface area contributed by atoms with Crippen LogP contribution in [0, 0.1) is 10.8 Å². The lowest BCUT2D eigenvalue weighted by Gasteiger charge is -2.27. The highest BCUT2D eigenvalue weighted by Crippen LogP contribution is 2.32. The third-order valence-electron chi connectivity index (χ3n) is 7.10. The number of benzene rings is 2. The average Bonchev–Trinajstić information content (AvgIpc) is 2.89. The Morgan fingerprint density at radius 3 is 1.29 bits per heavy atom. The SMILES string of the molecule is CC(C)(CCC(=O)Oc1ccccc1)CCC(O)CCC(O)CCC(C)(C)CCC(=O)Oc1ccccc1. The van der Waals surface area contributed by atoms with E-state index in [4.69, 9.17) is 9.47 Å². The van der Waals surface area contributed by atoms with E-state index in [0.29, 0.717) is 62.9 Å². The first-order valence-electron chi connectivity index (χ1n) is 13.8. The summed E-state index contributed by atoms with van der Waals surface area (Å²) in [6.45, 7) is 8.40. The predicted molar refractivity (Wildman–Crippen MR) is 150 cm³/mol. The smallest absolute Gasteiger partial charge is 0.311 e. The molecule has 2 aromatic carbocycles. The lowest BCUT2D eigenvalue weighted by molar-refractivity contribution is -0.136. The summed E-state index contributed by atoms with van der Waals surface area (Å²) < 4.78 is 10.7. The Kier molecular flexibility index (Phi) is 13.0. The minimum Gasteiger partial charge on any atom is -0.427 e. The van der Waals surface area contributed by atoms with E-state index in [0.717, 1.165) is 12.8 Å². The predicted octanol–water partition coefficient (Wildman–Crippen LogP) is 6.87. The van der Waals surface area contributed by atoms with Gasteiger partial charge in [-0.05, 0) is 86.5 Å². The van der Waals surface area contributed by atoms with Gasteiger partial charge in [0.15, 0.2) is 0 Å². The van der Waals surface area contributed by atoms with E-state index in [1.54, 1.807) is 24.3 Å². The molecular formula is C32H46O6. The third-order valence-corrected chi connectivity index (χ3v) is 7.10. The average molecular weight is 527 g/mol. The minimum atomic E-state index is -0.485. The quantitative estimate of drug-likeness (QED) is 0.173. The number of aliphatic hydroxyl groups excluding tert-OH is 2. The topological polar surface area (TPSA) is 93.1 Å². The maximum atomic E-state index is 12.1. The molecule has 0 heterocycles. The molecule has 6 nitrogen and oxygen atoms in total. The number of hydrogen-bond acceptors (Lipinski definition) is 6. The molecule has 0 fully saturated rings. The van der Waals surface area contributed by atoms with Gasteiger partial charge >= 0.3 is 11.9 Å². The zero-order valence-electron chi connectivity index (χ0n) is 23.5. The standard InChI is InChI=1S/C32H46O6/c1-31(2,23-19-29(35)37-27-11-7-5-8-12-27)21-17-25(33)15-16-26(34)18-22-32(3,4)24-20-30(36)38-28-13-9-6-10-14-28/h5-14,25-26,33-34H,15-24H2,1-4H3. The third kappa shape index (κ3) is 13.7. The van der Waals surface area contributed by atoms with E-state index in [1.807, 2.05) is 36.4 Å². The maximum Gasteiger partial charge on any atom is 0.311 e. The van der Waals surface area contributed by atoms with Crippen molar-refractivity contribution in [3.63, 3.8) is 0 Å². The number of hydrogen-bond donors (Lipinski definition) is 2. The van der Waals surface area contributed by atoms with Gasteiger partial charge in [-0.25, -0.2) is 0 Å². The Hall–Kier alpha value is -2.70. The summed E-state index contributed by atoms with van der Waals surface area (Å²) in [6.07, 6.45) is 4.96. The van der Waals surface area contributed by atoms with Crippen molar-refractivity contribution in [2.24, 2.45) is 10.8 Å². The molecule has 0 aliphatic carbocycles. The molecule has 0 spiro atoms. The van der Waals surface area contributed by atoms with Crippen LogP contribution in [0.1, 0.15) is 91.9 Å². The van der Waals surface area contributed by atoms with Crippen LogP contribution in [-0.2, 0) is 9.59 Å². The molecule has 0 saturated carbocycles. The fourth-order valence-electron chi connectivity index (χ4n) is 4.26. The van der Waals surface area contributed by atoms with Crippen molar-refractivity contribution in [2.75, 3.05) is 0 Å². The van der Waals surface area contributed by atoms with Crippen LogP contribution < -0.4 is 9.47 Å². The normalized spacial score (nSPS) is 13.5. The van der Waals surface area contributed by atoms with E-state index in [2.05, 4.69) is 27.7 Å². The molecule has 2 aromatic rings. The van der Waals surface area contributed by atoms with Crippen LogP contribution in [0.25, 0.3) is 0 Å². The number of ether oxygens (including phenoxy) is 2. The molecule has 6 heteroatoms. The molecule has 2 N–H and O–H groups in total. The van der Waals surface area contributed by atoms with Gasteiger partial charge in [0.1, 0.15) is 11.5 Å². The Morgan fingerprint density at radius 2 is 0.947 bits per heavy atom. The van der Waals surface area contributed by atoms with Crippen molar-refractivity contribution in [1.29, 1.82) is 0 Å². The van der Waals surface area contributed by atoms with Crippen LogP contribution in [-0.4, -0.2) is 34.4 Å². The molecule has 0 amide bonds. The summed E-state index contributed by atoms with van der Waals surface area (Å²) in [5.41, 5.74) is -0.192. The Labute approximate surface area is 228 Å². The second-order valence-corrected chi connectivity index (χ2v) is 11.9. The maximum absolute atomic E-state index is 12.1. The molecule has 0 aliphatic rings. The summed E-state index contributed by atoms with van der Waals surface area (Å²) in [5.74, 6) is 0.615. The van der Waals surface area contributed by atoms with Crippen molar-refractivity contribution < 1.29 is 29.3 Å². The Balaban J connectivity index is 1.59. The molecule has 2 unspecified atom stereocenters. The largest absolute Gasteiger partial charge is 0.427 e. The molecule has 38 heavy (non-hydrogen) atoms. The first kappa shape index (κ1) is 31.5. The van der Waals surface area contributed by atoms with Crippen LogP contribution in [0.3, 0.4) is 0 Å². The van der Waals surface area contributed by atoms with Gasteiger partial charge in [0, 0.05) is 12.8 Å². The molecule has 0 radical (unpaired) electrons. The number of carbonyl (C=O) groups is 2. The summed E-state index contributed by atoms with van der Waals surface area (Å²) in [7, 11) is 0. The Bertz CT molecular complexity index is 875. The highest BCUT2D eigenvalue weighted by molar-refractivity contribution is 5.72. The number of para-hydroxylation sites is 2. The molecule has 0 aliphatic heterocycles. The zero-order chi connectivity index (χ0) is 28.0. The lowest BCUT2D eigenvalue weighted by atomic mass is 9.81. The fraction of sp³-hybridized carbons (Fsp3) is 0.562. The summed E-state index contributed by atoms with van der Waals surface area (Å²) in [4.78, 5) is 24.3. The van der Waals surface area contributed by atoms with E-state index >= 15 is 0 Å². The van der Waals surface area contributed by atoms with Crippen molar-refractivity contribution in [3.8, 4) is 11.5 Å². The van der Waals surface area contributed by atoms with Gasteiger partial charge in [0.05, 0.1) is 12.2 Å². The van der Waals surface area contributed by atoms with Crippen LogP contribution in [0.4, 0.5) is 0 Å². The van der Waals surface area contributed by atoms with Crippen LogP contribution in [0.5, 0.6) is 11.5 Å². The molecule has 0 aromatic heterocycles. The van der Waals surface area contributed by atoms with Crippen molar-refractivity contribution >= 4 is 11.9 Å². The zero-order valence-corrected chi connectivity index (χ0v) is 23.5. The van der Waals surface area contributed by atoms with Gasteiger partial charge in [0.2, 0.25) is 0 Å². The van der Waals surface area contributed by atoms with Gasteiger partial charge in [0.25, 0.3) is 0 Å². The minimum absolute atomic E-state index is 0.0962. The summed E-state index contributed by atoms with van der Waals surface area (Å²) in [6, 6.07) is 18.1. The molecular weight excluding hydrogens is 480 g/mol. The van der Waals surface area contributed by atoms with E-state index in [-0.39, 0.29) is 22.8 Å². The second kappa shape index (κ2) is 15.6. The van der Waals surface area contributed by atoms with Gasteiger partial charge in [-0.3, -0.25) is 9.59 Å². The Morgan fingerprint density at radius 1 is 0.605 bits per heavy atom. The van der Waals surface area contributed by atoms with Crippen LogP contribution in [0.15, 0.2) is 60.7 Å². The van der Waals surface area contributed by atoms with Gasteiger partial charge < -0.3 is 19.7 Å². The fourth-order valence-corrected chi connectivity index (χ4v) is 4.26. The molecule has 210 valence electrons.